The Morgan fingerprint density at radius 1 is 1.00 bits per heavy atom. The minimum absolute atomic E-state index is 0. The van der Waals surface area contributed by atoms with Crippen molar-refractivity contribution < 1.29 is 50.9 Å². The van der Waals surface area contributed by atoms with Crippen LogP contribution in [0.4, 0.5) is 0 Å². The maximum Gasteiger partial charge on any atom is 1.00 e. The van der Waals surface area contributed by atoms with Crippen LogP contribution < -0.4 is 29.6 Å². The molecule has 0 aromatic rings. The van der Waals surface area contributed by atoms with E-state index in [2.05, 4.69) is 9.68 Å². The maximum absolute atomic E-state index is 9.13. The predicted octanol–water partition coefficient (Wildman–Crippen LogP) is -3.53. The van der Waals surface area contributed by atoms with Crippen LogP contribution in [0, 0.1) is 9.81 Å². The molecule has 0 heterocycles. The van der Waals surface area contributed by atoms with Gasteiger partial charge in [-0.15, -0.1) is 9.81 Å². The molecule has 2 N–H and O–H groups in total. The Labute approximate surface area is 97.9 Å². The quantitative estimate of drug-likeness (QED) is 0.201. The summed E-state index contributed by atoms with van der Waals surface area (Å²) in [5, 5.41) is 19.3. The zero-order valence-corrected chi connectivity index (χ0v) is 9.25. The van der Waals surface area contributed by atoms with Gasteiger partial charge in [0.2, 0.25) is 0 Å². The van der Waals surface area contributed by atoms with Crippen molar-refractivity contribution in [1.82, 2.24) is 0 Å². The molecule has 8 nitrogen and oxygen atoms in total. The van der Waals surface area contributed by atoms with Crippen LogP contribution in [0.5, 0.6) is 0 Å². The van der Waals surface area contributed by atoms with Crippen molar-refractivity contribution in [2.24, 2.45) is 10.7 Å². The van der Waals surface area contributed by atoms with E-state index in [1.807, 2.05) is 10.7 Å². The predicted molar refractivity (Wildman–Crippen MR) is 38.8 cm³/mol. The second-order valence-electron chi connectivity index (χ2n) is 1.26. The third-order valence-corrected chi connectivity index (χ3v) is 0.471. The van der Waals surface area contributed by atoms with Gasteiger partial charge in [0.1, 0.15) is 0 Å². The van der Waals surface area contributed by atoms with E-state index < -0.39 is 0 Å². The summed E-state index contributed by atoms with van der Waals surface area (Å²) in [6.07, 6.45) is 0. The van der Waals surface area contributed by atoms with Gasteiger partial charge in [-0.25, -0.2) is 0 Å². The van der Waals surface area contributed by atoms with Gasteiger partial charge in [0.25, 0.3) is 0 Å². The summed E-state index contributed by atoms with van der Waals surface area (Å²) < 4.78 is 0. The van der Waals surface area contributed by atoms with E-state index in [-0.39, 0.29) is 57.4 Å². The van der Waals surface area contributed by atoms with Crippen LogP contribution in [0.1, 0.15) is 1.43 Å². The van der Waals surface area contributed by atoms with Gasteiger partial charge < -0.3 is 21.3 Å². The zero-order valence-electron chi connectivity index (χ0n) is 8.25. The van der Waals surface area contributed by atoms with Gasteiger partial charge in [-0.3, -0.25) is 0 Å². The molecule has 0 aliphatic carbocycles. The van der Waals surface area contributed by atoms with E-state index in [9.17, 15) is 0 Å². The van der Waals surface area contributed by atoms with Gasteiger partial charge in [-0.2, -0.15) is 0 Å². The third-order valence-electron chi connectivity index (χ3n) is 0.471. The molecular weight excluding hydrogens is 195 g/mol. The topological polar surface area (TPSA) is 118 Å². The van der Waals surface area contributed by atoms with Crippen molar-refractivity contribution in [2.45, 2.75) is 0 Å². The molecule has 0 rings (SSSR count). The summed E-state index contributed by atoms with van der Waals surface area (Å²) in [4.78, 5) is 26.0. The molecular formula is C4H11N2NaO6. The Morgan fingerprint density at radius 2 is 1.31 bits per heavy atom. The first kappa shape index (κ1) is 18.5. The summed E-state index contributed by atoms with van der Waals surface area (Å²) >= 11 is 0. The number of hydrogen-bond acceptors (Lipinski definition) is 8. The van der Waals surface area contributed by atoms with Gasteiger partial charge in [0.15, 0.2) is 23.9 Å². The van der Waals surface area contributed by atoms with E-state index in [1.54, 1.807) is 0 Å². The normalized spacial score (nSPS) is 6.92. The molecule has 9 heteroatoms. The summed E-state index contributed by atoms with van der Waals surface area (Å²) in [7, 11) is 0. The van der Waals surface area contributed by atoms with Crippen molar-refractivity contribution in [2.75, 3.05) is 26.4 Å². The van der Waals surface area contributed by atoms with Crippen molar-refractivity contribution in [3.05, 3.63) is 9.81 Å². The first-order valence-corrected chi connectivity index (χ1v) is 2.94. The Morgan fingerprint density at radius 3 is 1.46 bits per heavy atom. The molecule has 13 heavy (non-hydrogen) atoms. The Bertz CT molecular complexity index is 97.8. The fourth-order valence-corrected chi connectivity index (χ4v) is 0.149. The molecule has 0 bridgehead atoms. The largest absolute Gasteiger partial charge is 1.00 e. The smallest absolute Gasteiger partial charge is 1.00 e. The van der Waals surface area contributed by atoms with Crippen molar-refractivity contribution >= 4 is 0 Å². The SMILES string of the molecule is O=NOCCON=O.OCCO.[H-].[Na+]. The summed E-state index contributed by atoms with van der Waals surface area (Å²) in [5.74, 6) is 0. The standard InChI is InChI=1S/C2H4N2O4.C2H6O2.Na.H/c5-3-7-1-2-8-4-6;3-1-2-4;;/h1-2H2;3-4H,1-2H2;;/q;;+1;-1. The molecule has 0 unspecified atom stereocenters. The fourth-order valence-electron chi connectivity index (χ4n) is 0.149. The molecule has 0 aliphatic rings. The molecule has 74 valence electrons. The molecule has 0 saturated heterocycles. The van der Waals surface area contributed by atoms with Crippen LogP contribution in [0.15, 0.2) is 10.7 Å². The van der Waals surface area contributed by atoms with Crippen molar-refractivity contribution in [3.63, 3.8) is 0 Å². The number of aliphatic hydroxyl groups excluding tert-OH is 2. The van der Waals surface area contributed by atoms with Crippen LogP contribution in [0.3, 0.4) is 0 Å². The van der Waals surface area contributed by atoms with Gasteiger partial charge in [-0.05, 0) is 0 Å². The van der Waals surface area contributed by atoms with E-state index in [1.165, 1.54) is 0 Å². The Hall–Kier alpha value is -0.280. The maximum atomic E-state index is 9.13. The summed E-state index contributed by atoms with van der Waals surface area (Å²) in [6.45, 7) is -0.343. The zero-order chi connectivity index (χ0) is 9.66. The average molecular weight is 206 g/mol. The molecule has 0 amide bonds. The molecule has 0 aliphatic heterocycles. The monoisotopic (exact) mass is 206 g/mol. The molecule has 0 aromatic heterocycles. The molecule has 0 aromatic carbocycles. The van der Waals surface area contributed by atoms with Crippen LogP contribution in [-0.2, 0) is 9.68 Å². The molecule has 0 spiro atoms. The second-order valence-corrected chi connectivity index (χ2v) is 1.26. The minimum atomic E-state index is -0.125. The van der Waals surface area contributed by atoms with Crippen LogP contribution >= 0.6 is 0 Å². The number of rotatable bonds is 6. The first-order valence-electron chi connectivity index (χ1n) is 2.94. The summed E-state index contributed by atoms with van der Waals surface area (Å²) in [5.41, 5.74) is 0. The Kier molecular flexibility index (Phi) is 32.1. The average Bonchev–Trinajstić information content (AvgIpc) is 2.13. The van der Waals surface area contributed by atoms with Crippen LogP contribution in [0.25, 0.3) is 0 Å². The van der Waals surface area contributed by atoms with Crippen molar-refractivity contribution in [1.29, 1.82) is 0 Å². The molecule has 0 atom stereocenters. The van der Waals surface area contributed by atoms with Crippen molar-refractivity contribution in [3.8, 4) is 0 Å². The van der Waals surface area contributed by atoms with Gasteiger partial charge in [-0.1, -0.05) is 0 Å². The van der Waals surface area contributed by atoms with Gasteiger partial charge in [0, 0.05) is 0 Å². The number of hydrogen-bond donors (Lipinski definition) is 2. The van der Waals surface area contributed by atoms with E-state index in [0.717, 1.165) is 0 Å². The minimum Gasteiger partial charge on any atom is -1.00 e. The third kappa shape index (κ3) is 33.8. The van der Waals surface area contributed by atoms with E-state index in [4.69, 9.17) is 20.0 Å². The number of aliphatic hydroxyl groups is 2. The molecule has 0 fully saturated rings. The summed E-state index contributed by atoms with van der Waals surface area (Å²) in [6, 6.07) is 0. The molecule has 0 saturated carbocycles. The molecule has 0 radical (unpaired) electrons. The van der Waals surface area contributed by atoms with E-state index in [0.29, 0.717) is 0 Å². The number of nitrogens with zero attached hydrogens (tertiary/aromatic N) is 2. The second kappa shape index (κ2) is 22.6. The fraction of sp³-hybridized carbons (Fsp3) is 1.00. The van der Waals surface area contributed by atoms with Crippen LogP contribution in [0.2, 0.25) is 0 Å². The van der Waals surface area contributed by atoms with Gasteiger partial charge >= 0.3 is 29.6 Å². The van der Waals surface area contributed by atoms with Gasteiger partial charge in [0.05, 0.1) is 13.2 Å². The van der Waals surface area contributed by atoms with E-state index >= 15 is 0 Å². The first-order chi connectivity index (χ1) is 5.83. The van der Waals surface area contributed by atoms with Crippen LogP contribution in [-0.4, -0.2) is 36.6 Å². The Balaban J connectivity index is -0.0000000733.